The largest absolute Gasteiger partial charge is 0.314 e. The summed E-state index contributed by atoms with van der Waals surface area (Å²) >= 11 is 0. The average molecular weight is 669 g/mol. The molecule has 1 heterocycles. The Hall–Kier alpha value is -6.38. The zero-order chi connectivity index (χ0) is 35.0. The van der Waals surface area contributed by atoms with Gasteiger partial charge in [0.2, 0.25) is 0 Å². The van der Waals surface area contributed by atoms with E-state index in [0.29, 0.717) is 0 Å². The van der Waals surface area contributed by atoms with Crippen molar-refractivity contribution in [2.45, 2.75) is 26.7 Å². The number of aromatic nitrogens is 1. The van der Waals surface area contributed by atoms with Crippen molar-refractivity contribution in [3.63, 3.8) is 0 Å². The van der Waals surface area contributed by atoms with E-state index >= 15 is 0 Å². The molecule has 0 N–H and O–H groups in total. The zero-order valence-electron chi connectivity index (χ0n) is 29.6. The van der Waals surface area contributed by atoms with Crippen LogP contribution in [0.5, 0.6) is 0 Å². The molecule has 0 amide bonds. The van der Waals surface area contributed by atoms with Crippen molar-refractivity contribution in [1.82, 2.24) is 4.57 Å². The van der Waals surface area contributed by atoms with Gasteiger partial charge in [-0.2, -0.15) is 0 Å². The fourth-order valence-corrected chi connectivity index (χ4v) is 8.16. The number of fused-ring (bicyclic) bond motifs is 7. The van der Waals surface area contributed by atoms with Crippen molar-refractivity contribution in [3.05, 3.63) is 188 Å². The first-order valence-corrected chi connectivity index (χ1v) is 18.5. The summed E-state index contributed by atoms with van der Waals surface area (Å²) in [6, 6.07) is 61.9. The van der Waals surface area contributed by atoms with E-state index in [1.807, 2.05) is 13.8 Å². The Morgan fingerprint density at radius 3 is 1.90 bits per heavy atom. The van der Waals surface area contributed by atoms with Crippen LogP contribution >= 0.6 is 0 Å². The van der Waals surface area contributed by atoms with Gasteiger partial charge in [0, 0.05) is 33.2 Å². The quantitative estimate of drug-likeness (QED) is 0.177. The summed E-state index contributed by atoms with van der Waals surface area (Å²) in [6.07, 6.45) is 6.55. The number of rotatable bonds is 5. The van der Waals surface area contributed by atoms with Gasteiger partial charge in [0.25, 0.3) is 0 Å². The van der Waals surface area contributed by atoms with Gasteiger partial charge >= 0.3 is 0 Å². The summed E-state index contributed by atoms with van der Waals surface area (Å²) in [5.41, 5.74) is 9.98. The summed E-state index contributed by atoms with van der Waals surface area (Å²) in [6.45, 7) is 4.00. The van der Waals surface area contributed by atoms with Gasteiger partial charge in [0.1, 0.15) is 0 Å². The highest BCUT2D eigenvalue weighted by molar-refractivity contribution is 6.21. The molecule has 0 unspecified atom stereocenters. The van der Waals surface area contributed by atoms with Crippen LogP contribution in [-0.4, -0.2) is 4.57 Å². The Kier molecular flexibility index (Phi) is 8.14. The van der Waals surface area contributed by atoms with Crippen LogP contribution in [0.25, 0.3) is 70.9 Å². The molecule has 0 fully saturated rings. The van der Waals surface area contributed by atoms with Crippen molar-refractivity contribution in [3.8, 4) is 11.1 Å². The van der Waals surface area contributed by atoms with Crippen molar-refractivity contribution in [2.24, 2.45) is 0 Å². The number of nitrogens with zero attached hydrogens (tertiary/aromatic N) is 2. The summed E-state index contributed by atoms with van der Waals surface area (Å²) < 4.78 is 2.49. The third-order valence-corrected chi connectivity index (χ3v) is 10.5. The molecule has 2 heteroatoms. The number of allylic oxidation sites excluding steroid dienone is 4. The van der Waals surface area contributed by atoms with Gasteiger partial charge in [0.15, 0.2) is 0 Å². The normalized spacial score (nSPS) is 12.9. The fraction of sp³-hybridized carbons (Fsp3) is 0.0800. The molecular weight excluding hydrogens is 629 g/mol. The highest BCUT2D eigenvalue weighted by Gasteiger charge is 2.23. The lowest BCUT2D eigenvalue weighted by Crippen LogP contribution is -2.19. The smallest absolute Gasteiger partial charge is 0.0544 e. The van der Waals surface area contributed by atoms with Crippen LogP contribution < -0.4 is 4.90 Å². The standard InChI is InChI=1S/C48H34N2.C2H6/c1-2-13-34(14-3-1)40-29-31-46(43-19-9-8-18-42(40)43)49(39-24-22-33-12-4-5-16-36(33)32-39)37-25-27-38(28-26-37)50-45-21-11-10-20-44(45)48-41-17-7-6-15-35(41)23-30-47(48)50;1-2/h1-25,27,29-32H,26,28H2;1-2H3. The number of hydrogen-bond acceptors (Lipinski definition) is 1. The number of para-hydroxylation sites is 1. The summed E-state index contributed by atoms with van der Waals surface area (Å²) in [4.78, 5) is 2.50. The van der Waals surface area contributed by atoms with Crippen molar-refractivity contribution < 1.29 is 0 Å². The molecule has 1 aliphatic carbocycles. The van der Waals surface area contributed by atoms with Crippen LogP contribution in [0, 0.1) is 0 Å². The minimum Gasteiger partial charge on any atom is -0.314 e. The molecule has 9 aromatic rings. The molecule has 1 aliphatic rings. The monoisotopic (exact) mass is 668 g/mol. The molecule has 0 aliphatic heterocycles. The first-order valence-electron chi connectivity index (χ1n) is 18.5. The number of benzene rings is 8. The maximum Gasteiger partial charge on any atom is 0.0544 e. The predicted molar refractivity (Wildman–Crippen MR) is 225 cm³/mol. The van der Waals surface area contributed by atoms with E-state index in [1.165, 1.54) is 88.0 Å². The Balaban J connectivity index is 0.00000177. The molecule has 0 saturated heterocycles. The Morgan fingerprint density at radius 2 is 1.12 bits per heavy atom. The van der Waals surface area contributed by atoms with Crippen molar-refractivity contribution >= 4 is 71.2 Å². The molecule has 0 spiro atoms. The summed E-state index contributed by atoms with van der Waals surface area (Å²) in [7, 11) is 0. The van der Waals surface area contributed by atoms with Crippen LogP contribution in [0.4, 0.5) is 11.4 Å². The van der Waals surface area contributed by atoms with Gasteiger partial charge in [-0.05, 0) is 93.4 Å². The van der Waals surface area contributed by atoms with Gasteiger partial charge in [-0.3, -0.25) is 0 Å². The summed E-state index contributed by atoms with van der Waals surface area (Å²) in [5, 5.41) is 10.2. The van der Waals surface area contributed by atoms with Gasteiger partial charge < -0.3 is 9.47 Å². The van der Waals surface area contributed by atoms with Crippen LogP contribution in [0.15, 0.2) is 188 Å². The highest BCUT2D eigenvalue weighted by atomic mass is 15.2. The molecule has 8 aromatic carbocycles. The average Bonchev–Trinajstić information content (AvgIpc) is 3.57. The van der Waals surface area contributed by atoms with E-state index in [4.69, 9.17) is 0 Å². The van der Waals surface area contributed by atoms with E-state index in [1.54, 1.807) is 0 Å². The van der Waals surface area contributed by atoms with Crippen molar-refractivity contribution in [2.75, 3.05) is 4.90 Å². The lowest BCUT2D eigenvalue weighted by Gasteiger charge is -2.31. The number of anilines is 2. The third-order valence-electron chi connectivity index (χ3n) is 10.5. The molecule has 2 nitrogen and oxygen atoms in total. The van der Waals surface area contributed by atoms with E-state index in [0.717, 1.165) is 12.8 Å². The van der Waals surface area contributed by atoms with Gasteiger partial charge in [-0.15, -0.1) is 0 Å². The van der Waals surface area contributed by atoms with E-state index in [-0.39, 0.29) is 0 Å². The minimum atomic E-state index is 0.912. The molecule has 52 heavy (non-hydrogen) atoms. The van der Waals surface area contributed by atoms with Gasteiger partial charge in [-0.25, -0.2) is 0 Å². The molecule has 250 valence electrons. The van der Waals surface area contributed by atoms with Crippen LogP contribution in [0.3, 0.4) is 0 Å². The molecule has 1 aromatic heterocycles. The van der Waals surface area contributed by atoms with Crippen molar-refractivity contribution in [1.29, 1.82) is 0 Å². The minimum absolute atomic E-state index is 0.912. The van der Waals surface area contributed by atoms with Gasteiger partial charge in [-0.1, -0.05) is 153 Å². The summed E-state index contributed by atoms with van der Waals surface area (Å²) in [5.74, 6) is 0. The zero-order valence-corrected chi connectivity index (χ0v) is 29.6. The van der Waals surface area contributed by atoms with E-state index < -0.39 is 0 Å². The molecule has 0 radical (unpaired) electrons. The van der Waals surface area contributed by atoms with Crippen LogP contribution in [0.1, 0.15) is 26.7 Å². The Bertz CT molecular complexity index is 2820. The second-order valence-corrected chi connectivity index (χ2v) is 13.3. The molecular formula is C50H40N2. The maximum atomic E-state index is 2.50. The lowest BCUT2D eigenvalue weighted by atomic mass is 9.95. The maximum absolute atomic E-state index is 2.50. The molecule has 0 saturated carbocycles. The fourth-order valence-electron chi connectivity index (χ4n) is 8.16. The molecule has 0 bridgehead atoms. The first kappa shape index (κ1) is 31.6. The predicted octanol–water partition coefficient (Wildman–Crippen LogP) is 14.3. The first-order chi connectivity index (χ1) is 25.8. The Morgan fingerprint density at radius 1 is 0.462 bits per heavy atom. The molecule has 10 rings (SSSR count). The number of hydrogen-bond donors (Lipinski definition) is 0. The second kappa shape index (κ2) is 13.4. The topological polar surface area (TPSA) is 8.17 Å². The van der Waals surface area contributed by atoms with E-state index in [9.17, 15) is 0 Å². The van der Waals surface area contributed by atoms with Crippen LogP contribution in [-0.2, 0) is 0 Å². The van der Waals surface area contributed by atoms with Gasteiger partial charge in [0.05, 0.1) is 16.7 Å². The second-order valence-electron chi connectivity index (χ2n) is 13.3. The SMILES string of the molecule is C1=C(N(c2ccc3ccccc3c2)c2ccc(-c3ccccc3)c3ccccc23)CCC(n2c3ccccc3c3c4ccccc4ccc32)=C1.CC. The van der Waals surface area contributed by atoms with Crippen LogP contribution in [0.2, 0.25) is 0 Å². The third kappa shape index (κ3) is 5.27. The van der Waals surface area contributed by atoms with E-state index in [2.05, 4.69) is 191 Å². The molecule has 0 atom stereocenters. The highest BCUT2D eigenvalue weighted by Crippen LogP contribution is 2.44. The lowest BCUT2D eigenvalue weighted by molar-refractivity contribution is 0.896. The Labute approximate surface area is 305 Å².